The van der Waals surface area contributed by atoms with E-state index in [0.29, 0.717) is 6.61 Å². The average molecular weight is 371 g/mol. The molecule has 1 fully saturated rings. The maximum absolute atomic E-state index is 11.2. The fourth-order valence-corrected chi connectivity index (χ4v) is 3.71. The van der Waals surface area contributed by atoms with Crippen LogP contribution >= 0.6 is 7.82 Å². The molecule has 0 bridgehead atoms. The van der Waals surface area contributed by atoms with Crippen molar-refractivity contribution in [1.82, 2.24) is 0 Å². The maximum atomic E-state index is 11.2. The third kappa shape index (κ3) is 8.45. The summed E-state index contributed by atoms with van der Waals surface area (Å²) in [5, 5.41) is 0. The van der Waals surface area contributed by atoms with Crippen LogP contribution in [0, 0.1) is 0 Å². The Morgan fingerprint density at radius 1 is 1.04 bits per heavy atom. The van der Waals surface area contributed by atoms with Gasteiger partial charge >= 0.3 is 7.82 Å². The van der Waals surface area contributed by atoms with E-state index in [2.05, 4.69) is 12.1 Å². The lowest BCUT2D eigenvalue weighted by Gasteiger charge is -2.34. The Hall–Kier alpha value is -0.750. The molecule has 1 aromatic rings. The molecule has 7 heteroatoms. The zero-order chi connectivity index (χ0) is 18.0. The lowest BCUT2D eigenvalue weighted by atomic mass is 9.95. The van der Waals surface area contributed by atoms with Crippen LogP contribution in [0.3, 0.4) is 0 Å². The summed E-state index contributed by atoms with van der Waals surface area (Å²) >= 11 is 0. The number of hydrogen-bond donors (Lipinski definition) is 2. The smallest absolute Gasteiger partial charge is 0.377 e. The van der Waals surface area contributed by atoms with E-state index in [9.17, 15) is 4.57 Å². The summed E-state index contributed by atoms with van der Waals surface area (Å²) in [6, 6.07) is 10.2. The number of unbranched alkanes of at least 4 members (excludes halogenated alkanes) is 5. The molecule has 1 saturated heterocycles. The molecule has 0 spiro atoms. The van der Waals surface area contributed by atoms with Crippen LogP contribution in [0.2, 0.25) is 0 Å². The van der Waals surface area contributed by atoms with Crippen LogP contribution in [0.25, 0.3) is 0 Å². The van der Waals surface area contributed by atoms with Gasteiger partial charge in [0.1, 0.15) is 0 Å². The van der Waals surface area contributed by atoms with Crippen LogP contribution < -0.4 is 5.73 Å². The molecule has 1 heterocycles. The van der Waals surface area contributed by atoms with Gasteiger partial charge in [0.15, 0.2) is 0 Å². The van der Waals surface area contributed by atoms with E-state index < -0.39 is 13.4 Å². The average Bonchev–Trinajstić information content (AvgIpc) is 2.61. The first kappa shape index (κ1) is 20.6. The predicted molar refractivity (Wildman–Crippen MR) is 97.1 cm³/mol. The zero-order valence-electron chi connectivity index (χ0n) is 14.8. The van der Waals surface area contributed by atoms with Gasteiger partial charge in [-0.25, -0.2) is 4.57 Å². The van der Waals surface area contributed by atoms with Crippen molar-refractivity contribution in [2.24, 2.45) is 5.73 Å². The quantitative estimate of drug-likeness (QED) is 0.454. The highest BCUT2D eigenvalue weighted by atomic mass is 31.2. The Bertz CT molecular complexity index is 528. The molecular weight excluding hydrogens is 341 g/mol. The summed E-state index contributed by atoms with van der Waals surface area (Å²) in [7, 11) is -3.84. The lowest BCUT2D eigenvalue weighted by Crippen LogP contribution is -2.50. The minimum atomic E-state index is -3.84. The van der Waals surface area contributed by atoms with Crippen LogP contribution in [0.4, 0.5) is 0 Å². The van der Waals surface area contributed by atoms with E-state index >= 15 is 0 Å². The molecule has 25 heavy (non-hydrogen) atoms. The molecular formula is C18H30NO5P. The molecule has 1 aliphatic rings. The van der Waals surface area contributed by atoms with Crippen molar-refractivity contribution in [2.45, 2.75) is 57.1 Å². The van der Waals surface area contributed by atoms with Gasteiger partial charge in [0.2, 0.25) is 0 Å². The molecule has 0 aromatic heterocycles. The Morgan fingerprint density at radius 3 is 2.32 bits per heavy atom. The minimum absolute atomic E-state index is 0.0829. The molecule has 0 unspecified atom stereocenters. The van der Waals surface area contributed by atoms with Crippen LogP contribution in [-0.2, 0) is 25.0 Å². The van der Waals surface area contributed by atoms with Gasteiger partial charge in [-0.05, 0) is 18.4 Å². The fourth-order valence-electron chi connectivity index (χ4n) is 2.80. The predicted octanol–water partition coefficient (Wildman–Crippen LogP) is 3.78. The highest BCUT2D eigenvalue weighted by Gasteiger charge is 2.38. The maximum Gasteiger partial charge on any atom is 0.472 e. The van der Waals surface area contributed by atoms with Gasteiger partial charge in [-0.1, -0.05) is 62.4 Å². The standard InChI is InChI=1S/C18H30NO5P/c19-18(15-23-25(20,21)24-16-18)12-8-3-1-2-4-9-13-22-14-17-10-6-5-7-11-17/h5-7,10-11H,1-4,8-9,12-16,19H2,(H,20,21). The topological polar surface area (TPSA) is 91.0 Å². The number of rotatable bonds is 11. The van der Waals surface area contributed by atoms with Crippen molar-refractivity contribution < 1.29 is 23.2 Å². The highest BCUT2D eigenvalue weighted by Crippen LogP contribution is 2.47. The first-order chi connectivity index (χ1) is 12.0. The Morgan fingerprint density at radius 2 is 1.64 bits per heavy atom. The van der Waals surface area contributed by atoms with E-state index in [-0.39, 0.29) is 13.2 Å². The van der Waals surface area contributed by atoms with E-state index in [4.69, 9.17) is 24.4 Å². The molecule has 1 aliphatic heterocycles. The summed E-state index contributed by atoms with van der Waals surface area (Å²) in [5.41, 5.74) is 6.70. The first-order valence-corrected chi connectivity index (χ1v) is 10.5. The minimum Gasteiger partial charge on any atom is -0.377 e. The summed E-state index contributed by atoms with van der Waals surface area (Å²) in [6.07, 6.45) is 7.42. The van der Waals surface area contributed by atoms with E-state index in [1.54, 1.807) is 0 Å². The summed E-state index contributed by atoms with van der Waals surface area (Å²) in [4.78, 5) is 9.15. The number of hydrogen-bond acceptors (Lipinski definition) is 5. The third-order valence-electron chi connectivity index (χ3n) is 4.36. The summed E-state index contributed by atoms with van der Waals surface area (Å²) < 4.78 is 26.4. The second-order valence-electron chi connectivity index (χ2n) is 6.79. The highest BCUT2D eigenvalue weighted by molar-refractivity contribution is 7.47. The lowest BCUT2D eigenvalue weighted by molar-refractivity contribution is 0.0359. The van der Waals surface area contributed by atoms with Crippen molar-refractivity contribution in [3.8, 4) is 0 Å². The summed E-state index contributed by atoms with van der Waals surface area (Å²) in [6.45, 7) is 1.65. The Balaban J connectivity index is 1.40. The monoisotopic (exact) mass is 371 g/mol. The van der Waals surface area contributed by atoms with Crippen LogP contribution in [-0.4, -0.2) is 30.3 Å². The van der Waals surface area contributed by atoms with Crippen molar-refractivity contribution in [1.29, 1.82) is 0 Å². The van der Waals surface area contributed by atoms with Gasteiger partial charge in [-0.2, -0.15) is 0 Å². The Kier molecular flexibility index (Phi) is 8.56. The van der Waals surface area contributed by atoms with Gasteiger partial charge in [0.25, 0.3) is 0 Å². The molecule has 0 atom stereocenters. The number of phosphoric acid groups is 1. The number of phosphoric ester groups is 1. The van der Waals surface area contributed by atoms with Crippen LogP contribution in [0.1, 0.15) is 50.5 Å². The van der Waals surface area contributed by atoms with E-state index in [0.717, 1.165) is 38.7 Å². The van der Waals surface area contributed by atoms with Crippen molar-refractivity contribution >= 4 is 7.82 Å². The third-order valence-corrected chi connectivity index (χ3v) is 5.27. The molecule has 0 saturated carbocycles. The largest absolute Gasteiger partial charge is 0.472 e. The van der Waals surface area contributed by atoms with Crippen molar-refractivity contribution in [3.05, 3.63) is 35.9 Å². The molecule has 6 nitrogen and oxygen atoms in total. The normalized spacial score (nSPS) is 26.6. The molecule has 0 aliphatic carbocycles. The van der Waals surface area contributed by atoms with Crippen molar-refractivity contribution in [2.75, 3.05) is 19.8 Å². The molecule has 2 rings (SSSR count). The Labute approximate surface area is 150 Å². The van der Waals surface area contributed by atoms with E-state index in [1.807, 2.05) is 18.2 Å². The SMILES string of the molecule is NC1(CCCCCCCCOCc2ccccc2)COP(=O)(O)OC1. The molecule has 0 amide bonds. The second-order valence-corrected chi connectivity index (χ2v) is 8.24. The fraction of sp³-hybridized carbons (Fsp3) is 0.667. The molecule has 1 aromatic carbocycles. The number of benzene rings is 1. The van der Waals surface area contributed by atoms with Crippen LogP contribution in [0.5, 0.6) is 0 Å². The number of nitrogens with two attached hydrogens (primary N) is 1. The molecule has 142 valence electrons. The molecule has 3 N–H and O–H groups in total. The van der Waals surface area contributed by atoms with Crippen LogP contribution in [0.15, 0.2) is 30.3 Å². The van der Waals surface area contributed by atoms with Gasteiger partial charge in [-0.15, -0.1) is 0 Å². The zero-order valence-corrected chi connectivity index (χ0v) is 15.7. The van der Waals surface area contributed by atoms with Gasteiger partial charge in [0.05, 0.1) is 25.4 Å². The van der Waals surface area contributed by atoms with E-state index in [1.165, 1.54) is 18.4 Å². The van der Waals surface area contributed by atoms with Gasteiger partial charge < -0.3 is 15.4 Å². The molecule has 0 radical (unpaired) electrons. The van der Waals surface area contributed by atoms with Gasteiger partial charge in [-0.3, -0.25) is 9.05 Å². The van der Waals surface area contributed by atoms with Gasteiger partial charge in [0, 0.05) is 6.61 Å². The summed E-state index contributed by atoms with van der Waals surface area (Å²) in [5.74, 6) is 0. The first-order valence-electron chi connectivity index (χ1n) is 9.02. The number of ether oxygens (including phenoxy) is 1. The second kappa shape index (κ2) is 10.4. The van der Waals surface area contributed by atoms with Crippen molar-refractivity contribution in [3.63, 3.8) is 0 Å².